The third kappa shape index (κ3) is 3.72. The van der Waals surface area contributed by atoms with E-state index >= 15 is 0 Å². The smallest absolute Gasteiger partial charge is 0.305 e. The highest BCUT2D eigenvalue weighted by Crippen LogP contribution is 2.37. The van der Waals surface area contributed by atoms with E-state index in [0.29, 0.717) is 56.6 Å². The maximum Gasteiger partial charge on any atom is 0.305 e. The molecule has 0 saturated carbocycles. The quantitative estimate of drug-likeness (QED) is 0.510. The number of carbonyl (C=O) groups is 2. The van der Waals surface area contributed by atoms with Gasteiger partial charge >= 0.3 is 5.97 Å². The van der Waals surface area contributed by atoms with Crippen LogP contribution in [0.1, 0.15) is 38.2 Å². The first-order valence-corrected chi connectivity index (χ1v) is 8.53. The van der Waals surface area contributed by atoms with Crippen LogP contribution < -0.4 is 10.2 Å². The predicted octanol–water partition coefficient (Wildman–Crippen LogP) is 2.40. The summed E-state index contributed by atoms with van der Waals surface area (Å²) in [4.78, 5) is 35.9. The number of fused-ring (bicyclic) bond motifs is 1. The van der Waals surface area contributed by atoms with Gasteiger partial charge in [0.2, 0.25) is 5.91 Å². The molecule has 0 aliphatic carbocycles. The molecule has 1 amide bonds. The lowest BCUT2D eigenvalue weighted by atomic mass is 9.99. The van der Waals surface area contributed by atoms with E-state index in [0.717, 1.165) is 5.56 Å². The molecule has 0 spiro atoms. The Morgan fingerprint density at radius 3 is 2.72 bits per heavy atom. The topological polar surface area (TPSA) is 102 Å². The second kappa shape index (κ2) is 7.08. The Labute approximate surface area is 145 Å². The summed E-state index contributed by atoms with van der Waals surface area (Å²) in [5, 5.41) is 14.2. The van der Waals surface area contributed by atoms with E-state index < -0.39 is 4.92 Å². The number of hydrogen-bond donors (Lipinski definition) is 1. The highest BCUT2D eigenvalue weighted by Gasteiger charge is 2.29. The maximum absolute atomic E-state index is 11.5. The molecule has 2 aliphatic heterocycles. The van der Waals surface area contributed by atoms with Crippen LogP contribution in [0.3, 0.4) is 0 Å². The minimum absolute atomic E-state index is 0.00930. The van der Waals surface area contributed by atoms with E-state index in [4.69, 9.17) is 4.74 Å². The van der Waals surface area contributed by atoms with Crippen molar-refractivity contribution in [2.24, 2.45) is 0 Å². The summed E-state index contributed by atoms with van der Waals surface area (Å²) < 4.78 is 5.36. The van der Waals surface area contributed by atoms with Crippen LogP contribution in [0.4, 0.5) is 17.1 Å². The van der Waals surface area contributed by atoms with Crippen LogP contribution in [-0.4, -0.2) is 36.0 Å². The van der Waals surface area contributed by atoms with Crippen molar-refractivity contribution in [3.05, 3.63) is 27.8 Å². The first kappa shape index (κ1) is 17.2. The number of nitrogens with one attached hydrogen (secondary N) is 1. The summed E-state index contributed by atoms with van der Waals surface area (Å²) in [6.45, 7) is 2.94. The SMILES string of the molecule is CCC(=O)OC1CCN(c2cc3c(cc2[N+](=O)[O-])NC(=O)CC3)CC1. The number of esters is 1. The fourth-order valence-electron chi connectivity index (χ4n) is 3.29. The minimum atomic E-state index is -0.417. The Hall–Kier alpha value is -2.64. The summed E-state index contributed by atoms with van der Waals surface area (Å²) in [5.74, 6) is -0.331. The Kier molecular flexibility index (Phi) is 4.87. The van der Waals surface area contributed by atoms with Gasteiger partial charge in [-0.3, -0.25) is 19.7 Å². The van der Waals surface area contributed by atoms with E-state index in [1.54, 1.807) is 6.92 Å². The van der Waals surface area contributed by atoms with Crippen molar-refractivity contribution in [3.63, 3.8) is 0 Å². The number of hydrogen-bond acceptors (Lipinski definition) is 6. The molecule has 8 nitrogen and oxygen atoms in total. The lowest BCUT2D eigenvalue weighted by Crippen LogP contribution is -2.38. The Balaban J connectivity index is 1.79. The molecular formula is C17H21N3O5. The fourth-order valence-corrected chi connectivity index (χ4v) is 3.29. The van der Waals surface area contributed by atoms with E-state index in [1.165, 1.54) is 6.07 Å². The number of aryl methyl sites for hydroxylation is 1. The van der Waals surface area contributed by atoms with Crippen LogP contribution in [0.2, 0.25) is 0 Å². The molecule has 0 radical (unpaired) electrons. The molecule has 134 valence electrons. The molecule has 0 aromatic heterocycles. The average molecular weight is 347 g/mol. The molecular weight excluding hydrogens is 326 g/mol. The minimum Gasteiger partial charge on any atom is -0.462 e. The lowest BCUT2D eigenvalue weighted by Gasteiger charge is -2.33. The van der Waals surface area contributed by atoms with E-state index in [-0.39, 0.29) is 23.7 Å². The van der Waals surface area contributed by atoms with Crippen LogP contribution >= 0.6 is 0 Å². The van der Waals surface area contributed by atoms with Gasteiger partial charge in [0, 0.05) is 44.8 Å². The molecule has 0 bridgehead atoms. The van der Waals surface area contributed by atoms with Crippen molar-refractivity contribution < 1.29 is 19.2 Å². The van der Waals surface area contributed by atoms with Gasteiger partial charge in [0.25, 0.3) is 5.69 Å². The number of ether oxygens (including phenoxy) is 1. The Bertz CT molecular complexity index is 710. The predicted molar refractivity (Wildman–Crippen MR) is 91.7 cm³/mol. The normalized spacial score (nSPS) is 17.6. The van der Waals surface area contributed by atoms with Crippen molar-refractivity contribution in [1.82, 2.24) is 0 Å². The van der Waals surface area contributed by atoms with Crippen molar-refractivity contribution in [1.29, 1.82) is 0 Å². The average Bonchev–Trinajstić information content (AvgIpc) is 2.61. The standard InChI is InChI=1S/C17H21N3O5/c1-2-17(22)25-12-5-7-19(8-6-12)14-9-11-3-4-16(21)18-13(11)10-15(14)20(23)24/h9-10,12H,2-8H2,1H3,(H,18,21). The van der Waals surface area contributed by atoms with Gasteiger partial charge in [-0.15, -0.1) is 0 Å². The lowest BCUT2D eigenvalue weighted by molar-refractivity contribution is -0.384. The molecule has 1 fully saturated rings. The van der Waals surface area contributed by atoms with E-state index in [9.17, 15) is 19.7 Å². The number of piperidine rings is 1. The van der Waals surface area contributed by atoms with Gasteiger partial charge in [-0.2, -0.15) is 0 Å². The van der Waals surface area contributed by atoms with Crippen molar-refractivity contribution in [2.75, 3.05) is 23.3 Å². The van der Waals surface area contributed by atoms with Gasteiger partial charge < -0.3 is 15.0 Å². The number of amides is 1. The van der Waals surface area contributed by atoms with E-state index in [1.807, 2.05) is 11.0 Å². The molecule has 1 aromatic carbocycles. The first-order valence-electron chi connectivity index (χ1n) is 8.53. The van der Waals surface area contributed by atoms with Crippen LogP contribution in [-0.2, 0) is 20.7 Å². The molecule has 1 N–H and O–H groups in total. The van der Waals surface area contributed by atoms with Crippen LogP contribution in [0, 0.1) is 10.1 Å². The molecule has 2 aliphatic rings. The molecule has 0 atom stereocenters. The summed E-state index contributed by atoms with van der Waals surface area (Å²) in [5.41, 5.74) is 2.00. The molecule has 1 saturated heterocycles. The molecule has 3 rings (SSSR count). The van der Waals surface area contributed by atoms with Crippen LogP contribution in [0.25, 0.3) is 0 Å². The second-order valence-electron chi connectivity index (χ2n) is 6.33. The van der Waals surface area contributed by atoms with Crippen LogP contribution in [0.15, 0.2) is 12.1 Å². The van der Waals surface area contributed by atoms with Crippen molar-refractivity contribution >= 4 is 28.9 Å². The monoisotopic (exact) mass is 347 g/mol. The number of nitro benzene ring substituents is 1. The number of benzene rings is 1. The summed E-state index contributed by atoms with van der Waals surface area (Å²) in [7, 11) is 0. The summed E-state index contributed by atoms with van der Waals surface area (Å²) in [6, 6.07) is 3.26. The molecule has 0 unspecified atom stereocenters. The summed E-state index contributed by atoms with van der Waals surface area (Å²) in [6.07, 6.45) is 2.49. The fraction of sp³-hybridized carbons (Fsp3) is 0.529. The maximum atomic E-state index is 11.5. The zero-order chi connectivity index (χ0) is 18.0. The zero-order valence-corrected chi connectivity index (χ0v) is 14.1. The first-order chi connectivity index (χ1) is 12.0. The third-order valence-corrected chi connectivity index (χ3v) is 4.66. The van der Waals surface area contributed by atoms with Gasteiger partial charge in [-0.05, 0) is 18.1 Å². The third-order valence-electron chi connectivity index (χ3n) is 4.66. The highest BCUT2D eigenvalue weighted by atomic mass is 16.6. The number of rotatable bonds is 4. The zero-order valence-electron chi connectivity index (χ0n) is 14.1. The van der Waals surface area contributed by atoms with Gasteiger partial charge in [0.05, 0.1) is 10.6 Å². The van der Waals surface area contributed by atoms with Gasteiger partial charge in [0.1, 0.15) is 11.8 Å². The van der Waals surface area contributed by atoms with Crippen LogP contribution in [0.5, 0.6) is 0 Å². The molecule has 8 heteroatoms. The van der Waals surface area contributed by atoms with Gasteiger partial charge in [-0.1, -0.05) is 6.92 Å². The number of nitro groups is 1. The second-order valence-corrected chi connectivity index (χ2v) is 6.33. The van der Waals surface area contributed by atoms with Gasteiger partial charge in [-0.25, -0.2) is 0 Å². The molecule has 25 heavy (non-hydrogen) atoms. The molecule has 2 heterocycles. The number of nitrogens with zero attached hydrogens (tertiary/aromatic N) is 2. The van der Waals surface area contributed by atoms with Crippen molar-refractivity contribution in [2.45, 2.75) is 45.1 Å². The highest BCUT2D eigenvalue weighted by molar-refractivity contribution is 5.95. The molecule has 1 aromatic rings. The number of anilines is 2. The van der Waals surface area contributed by atoms with Gasteiger partial charge in [0.15, 0.2) is 0 Å². The Morgan fingerprint density at radius 2 is 2.08 bits per heavy atom. The Morgan fingerprint density at radius 1 is 1.36 bits per heavy atom. The largest absolute Gasteiger partial charge is 0.462 e. The van der Waals surface area contributed by atoms with Crippen molar-refractivity contribution in [3.8, 4) is 0 Å². The number of carbonyl (C=O) groups excluding carboxylic acids is 2. The summed E-state index contributed by atoms with van der Waals surface area (Å²) >= 11 is 0. The van der Waals surface area contributed by atoms with E-state index in [2.05, 4.69) is 5.32 Å².